The normalized spacial score (nSPS) is 19.7. The van der Waals surface area contributed by atoms with Crippen LogP contribution >= 0.6 is 15.9 Å². The monoisotopic (exact) mass is 322 g/mol. The molecule has 1 saturated heterocycles. The fourth-order valence-corrected chi connectivity index (χ4v) is 2.62. The molecule has 100 valence electrons. The van der Waals surface area contributed by atoms with E-state index in [-0.39, 0.29) is 6.04 Å². The van der Waals surface area contributed by atoms with Crippen molar-refractivity contribution in [3.8, 4) is 11.4 Å². The first-order valence-corrected chi connectivity index (χ1v) is 7.05. The molecule has 19 heavy (non-hydrogen) atoms. The van der Waals surface area contributed by atoms with Gasteiger partial charge in [-0.3, -0.25) is 10.1 Å². The minimum atomic E-state index is 0.211. The number of nitrogens with two attached hydrogens (primary N) is 1. The maximum Gasteiger partial charge on any atom is 0.245 e. The number of rotatable bonds is 2. The molecule has 1 aliphatic heterocycles. The molecule has 0 spiro atoms. The number of piperidine rings is 1. The molecule has 0 aromatic carbocycles. The van der Waals surface area contributed by atoms with E-state index in [4.69, 9.17) is 5.73 Å². The third kappa shape index (κ3) is 2.76. The molecule has 1 aliphatic rings. The minimum Gasteiger partial charge on any atom is -0.338 e. The van der Waals surface area contributed by atoms with Crippen molar-refractivity contribution in [2.24, 2.45) is 5.73 Å². The molecule has 2 aromatic rings. The van der Waals surface area contributed by atoms with E-state index in [9.17, 15) is 0 Å². The van der Waals surface area contributed by atoms with Crippen molar-refractivity contribution in [1.29, 1.82) is 0 Å². The van der Waals surface area contributed by atoms with Gasteiger partial charge in [0.1, 0.15) is 0 Å². The topological polar surface area (TPSA) is 83.7 Å². The molecule has 3 N–H and O–H groups in total. The van der Waals surface area contributed by atoms with Gasteiger partial charge >= 0.3 is 0 Å². The van der Waals surface area contributed by atoms with E-state index in [2.05, 4.69) is 41.0 Å². The van der Waals surface area contributed by atoms with Gasteiger partial charge in [-0.05, 0) is 34.8 Å². The standard InChI is InChI=1S/C12H15BrN6/c13-9-4-8(5-15-6-9)11-16-12(18-17-11)19-3-1-2-10(14)7-19/h4-6,10H,1-3,7,14H2,(H,16,17,18). The van der Waals surface area contributed by atoms with Crippen LogP contribution in [0.3, 0.4) is 0 Å². The summed E-state index contributed by atoms with van der Waals surface area (Å²) in [6, 6.07) is 2.17. The lowest BCUT2D eigenvalue weighted by atomic mass is 10.1. The maximum absolute atomic E-state index is 5.98. The summed E-state index contributed by atoms with van der Waals surface area (Å²) in [5, 5.41) is 7.23. The first-order chi connectivity index (χ1) is 9.22. The van der Waals surface area contributed by atoms with Crippen molar-refractivity contribution in [2.45, 2.75) is 18.9 Å². The number of nitrogens with zero attached hydrogens (tertiary/aromatic N) is 4. The van der Waals surface area contributed by atoms with Crippen LogP contribution in [0.25, 0.3) is 11.4 Å². The summed E-state index contributed by atoms with van der Waals surface area (Å²) in [5.41, 5.74) is 6.89. The van der Waals surface area contributed by atoms with E-state index in [0.29, 0.717) is 5.95 Å². The van der Waals surface area contributed by atoms with Crippen LogP contribution in [0.2, 0.25) is 0 Å². The summed E-state index contributed by atoms with van der Waals surface area (Å²) in [4.78, 5) is 10.8. The van der Waals surface area contributed by atoms with Crippen LogP contribution in [-0.4, -0.2) is 39.3 Å². The number of H-pyrrole nitrogens is 1. The molecule has 0 bridgehead atoms. The third-order valence-electron chi connectivity index (χ3n) is 3.19. The zero-order valence-electron chi connectivity index (χ0n) is 10.4. The van der Waals surface area contributed by atoms with Crippen LogP contribution in [0.4, 0.5) is 5.95 Å². The number of aromatic amines is 1. The van der Waals surface area contributed by atoms with Crippen molar-refractivity contribution < 1.29 is 0 Å². The van der Waals surface area contributed by atoms with Gasteiger partial charge in [0.05, 0.1) is 0 Å². The zero-order valence-corrected chi connectivity index (χ0v) is 12.0. The van der Waals surface area contributed by atoms with E-state index in [1.807, 2.05) is 6.07 Å². The molecule has 3 rings (SSSR count). The van der Waals surface area contributed by atoms with Gasteiger partial charge in [-0.2, -0.15) is 4.98 Å². The molecule has 0 radical (unpaired) electrons. The molecule has 1 fully saturated rings. The molecule has 3 heterocycles. The number of pyridine rings is 1. The van der Waals surface area contributed by atoms with Gasteiger partial charge in [0, 0.05) is 41.6 Å². The quantitative estimate of drug-likeness (QED) is 0.876. The average molecular weight is 323 g/mol. The number of aromatic nitrogens is 4. The van der Waals surface area contributed by atoms with Crippen LogP contribution in [0.5, 0.6) is 0 Å². The van der Waals surface area contributed by atoms with Crippen LogP contribution in [-0.2, 0) is 0 Å². The number of hydrogen-bond donors (Lipinski definition) is 2. The Morgan fingerprint density at radius 1 is 1.42 bits per heavy atom. The average Bonchev–Trinajstić information content (AvgIpc) is 2.88. The lowest BCUT2D eigenvalue weighted by Gasteiger charge is -2.29. The van der Waals surface area contributed by atoms with Crippen molar-refractivity contribution in [3.63, 3.8) is 0 Å². The fraction of sp³-hybridized carbons (Fsp3) is 0.417. The summed E-state index contributed by atoms with van der Waals surface area (Å²) in [6.07, 6.45) is 5.66. The fourth-order valence-electron chi connectivity index (χ4n) is 2.26. The number of hydrogen-bond acceptors (Lipinski definition) is 5. The van der Waals surface area contributed by atoms with Gasteiger partial charge in [-0.1, -0.05) is 0 Å². The van der Waals surface area contributed by atoms with Gasteiger partial charge in [-0.15, -0.1) is 5.10 Å². The van der Waals surface area contributed by atoms with E-state index >= 15 is 0 Å². The predicted octanol–water partition coefficient (Wildman–Crippen LogP) is 1.56. The number of halogens is 1. The zero-order chi connectivity index (χ0) is 13.2. The summed E-state index contributed by atoms with van der Waals surface area (Å²) < 4.78 is 0.919. The van der Waals surface area contributed by atoms with Crippen molar-refractivity contribution >= 4 is 21.9 Å². The Bertz CT molecular complexity index is 569. The van der Waals surface area contributed by atoms with Crippen molar-refractivity contribution in [2.75, 3.05) is 18.0 Å². The van der Waals surface area contributed by atoms with Crippen LogP contribution < -0.4 is 10.6 Å². The Kier molecular flexibility index (Phi) is 3.48. The molecular weight excluding hydrogens is 308 g/mol. The number of anilines is 1. The summed E-state index contributed by atoms with van der Waals surface area (Å²) in [6.45, 7) is 1.77. The predicted molar refractivity (Wildman–Crippen MR) is 76.7 cm³/mol. The highest BCUT2D eigenvalue weighted by Crippen LogP contribution is 2.21. The SMILES string of the molecule is NC1CCCN(c2n[nH]c(-c3cncc(Br)c3)n2)C1. The van der Waals surface area contributed by atoms with Crippen molar-refractivity contribution in [3.05, 3.63) is 22.9 Å². The molecule has 2 aromatic heterocycles. The first kappa shape index (κ1) is 12.6. The second-order valence-corrected chi connectivity index (χ2v) is 5.64. The molecule has 0 saturated carbocycles. The van der Waals surface area contributed by atoms with Gasteiger partial charge in [0.15, 0.2) is 5.82 Å². The van der Waals surface area contributed by atoms with E-state index in [1.165, 1.54) is 0 Å². The largest absolute Gasteiger partial charge is 0.338 e. The second kappa shape index (κ2) is 5.26. The highest BCUT2D eigenvalue weighted by Gasteiger charge is 2.20. The lowest BCUT2D eigenvalue weighted by molar-refractivity contribution is 0.500. The molecule has 0 aliphatic carbocycles. The van der Waals surface area contributed by atoms with E-state index < -0.39 is 0 Å². The Morgan fingerprint density at radius 3 is 3.11 bits per heavy atom. The van der Waals surface area contributed by atoms with Gasteiger partial charge < -0.3 is 10.6 Å². The van der Waals surface area contributed by atoms with Crippen LogP contribution in [0, 0.1) is 0 Å². The van der Waals surface area contributed by atoms with Crippen LogP contribution in [0.15, 0.2) is 22.9 Å². The summed E-state index contributed by atoms with van der Waals surface area (Å²) >= 11 is 3.40. The van der Waals surface area contributed by atoms with E-state index in [0.717, 1.165) is 41.8 Å². The summed E-state index contributed by atoms with van der Waals surface area (Å²) in [7, 11) is 0. The second-order valence-electron chi connectivity index (χ2n) is 4.72. The van der Waals surface area contributed by atoms with Crippen LogP contribution in [0.1, 0.15) is 12.8 Å². The molecule has 1 atom stereocenters. The van der Waals surface area contributed by atoms with Crippen molar-refractivity contribution in [1.82, 2.24) is 20.2 Å². The summed E-state index contributed by atoms with van der Waals surface area (Å²) in [5.74, 6) is 1.44. The third-order valence-corrected chi connectivity index (χ3v) is 3.63. The molecule has 7 heteroatoms. The highest BCUT2D eigenvalue weighted by molar-refractivity contribution is 9.10. The Hall–Kier alpha value is -1.47. The molecule has 0 amide bonds. The highest BCUT2D eigenvalue weighted by atomic mass is 79.9. The molecule has 1 unspecified atom stereocenters. The lowest BCUT2D eigenvalue weighted by Crippen LogP contribution is -2.43. The number of nitrogens with one attached hydrogen (secondary N) is 1. The first-order valence-electron chi connectivity index (χ1n) is 6.26. The Balaban J connectivity index is 1.83. The Morgan fingerprint density at radius 2 is 2.32 bits per heavy atom. The van der Waals surface area contributed by atoms with E-state index in [1.54, 1.807) is 12.4 Å². The Labute approximate surface area is 119 Å². The van der Waals surface area contributed by atoms with Gasteiger partial charge in [-0.25, -0.2) is 0 Å². The maximum atomic E-state index is 5.98. The minimum absolute atomic E-state index is 0.211. The molecule has 6 nitrogen and oxygen atoms in total. The molecular formula is C12H15BrN6. The van der Waals surface area contributed by atoms with Gasteiger partial charge in [0.2, 0.25) is 5.95 Å². The smallest absolute Gasteiger partial charge is 0.245 e. The van der Waals surface area contributed by atoms with Gasteiger partial charge in [0.25, 0.3) is 0 Å².